The van der Waals surface area contributed by atoms with Gasteiger partial charge in [0.25, 0.3) is 11.6 Å². The highest BCUT2D eigenvalue weighted by Gasteiger charge is 2.35. The average molecular weight is 299 g/mol. The standard InChI is InChI=1S/C12H11ClN2O5/c13-10-7(3-1-4-8(10)15(19)20)11(16)14-6-2-5-9(14)12(17)18/h1,3-4,9H,2,5-6H2,(H,17,18). The fraction of sp³-hybridized carbons (Fsp3) is 0.333. The van der Waals surface area contributed by atoms with Crippen molar-refractivity contribution in [3.8, 4) is 0 Å². The van der Waals surface area contributed by atoms with Crippen molar-refractivity contribution < 1.29 is 19.6 Å². The first kappa shape index (κ1) is 14.3. The number of nitro groups is 1. The summed E-state index contributed by atoms with van der Waals surface area (Å²) >= 11 is 5.87. The van der Waals surface area contributed by atoms with Gasteiger partial charge in [0.2, 0.25) is 0 Å². The Bertz CT molecular complexity index is 589. The van der Waals surface area contributed by atoms with Gasteiger partial charge in [-0.25, -0.2) is 4.79 Å². The molecule has 1 aliphatic heterocycles. The van der Waals surface area contributed by atoms with Gasteiger partial charge in [-0.1, -0.05) is 17.7 Å². The first-order chi connectivity index (χ1) is 9.43. The van der Waals surface area contributed by atoms with Gasteiger partial charge >= 0.3 is 5.97 Å². The number of hydrogen-bond acceptors (Lipinski definition) is 4. The maximum absolute atomic E-state index is 12.3. The third kappa shape index (κ3) is 2.44. The van der Waals surface area contributed by atoms with E-state index in [1.807, 2.05) is 0 Å². The van der Waals surface area contributed by atoms with Gasteiger partial charge in [-0.3, -0.25) is 14.9 Å². The van der Waals surface area contributed by atoms with Crippen LogP contribution in [-0.2, 0) is 4.79 Å². The normalized spacial score (nSPS) is 18.1. The number of rotatable bonds is 3. The Morgan fingerprint density at radius 1 is 1.45 bits per heavy atom. The zero-order valence-electron chi connectivity index (χ0n) is 10.3. The van der Waals surface area contributed by atoms with Crippen LogP contribution in [0.25, 0.3) is 0 Å². The first-order valence-corrected chi connectivity index (χ1v) is 6.28. The van der Waals surface area contributed by atoms with Crippen molar-refractivity contribution in [3.05, 3.63) is 38.9 Å². The first-order valence-electron chi connectivity index (χ1n) is 5.90. The van der Waals surface area contributed by atoms with Crippen LogP contribution in [0.2, 0.25) is 5.02 Å². The largest absolute Gasteiger partial charge is 0.480 e. The molecule has 1 atom stereocenters. The number of carbonyl (C=O) groups is 2. The molecule has 0 radical (unpaired) electrons. The van der Waals surface area contributed by atoms with Crippen molar-refractivity contribution >= 4 is 29.2 Å². The summed E-state index contributed by atoms with van der Waals surface area (Å²) in [6.45, 7) is 0.300. The van der Waals surface area contributed by atoms with E-state index in [4.69, 9.17) is 16.7 Å². The Kier molecular flexibility index (Phi) is 3.89. The fourth-order valence-electron chi connectivity index (χ4n) is 2.25. The fourth-order valence-corrected chi connectivity index (χ4v) is 2.52. The monoisotopic (exact) mass is 298 g/mol. The summed E-state index contributed by atoms with van der Waals surface area (Å²) in [6.07, 6.45) is 0.947. The molecule has 1 aliphatic rings. The topological polar surface area (TPSA) is 101 Å². The third-order valence-electron chi connectivity index (χ3n) is 3.20. The molecule has 20 heavy (non-hydrogen) atoms. The van der Waals surface area contributed by atoms with Crippen LogP contribution < -0.4 is 0 Å². The van der Waals surface area contributed by atoms with Crippen LogP contribution in [0.3, 0.4) is 0 Å². The molecule has 1 amide bonds. The second-order valence-electron chi connectivity index (χ2n) is 4.39. The number of carboxylic acids is 1. The molecule has 1 saturated heterocycles. The molecule has 8 heteroatoms. The van der Waals surface area contributed by atoms with Crippen molar-refractivity contribution in [2.45, 2.75) is 18.9 Å². The van der Waals surface area contributed by atoms with Crippen molar-refractivity contribution in [2.75, 3.05) is 6.54 Å². The van der Waals surface area contributed by atoms with Crippen molar-refractivity contribution in [1.29, 1.82) is 0 Å². The van der Waals surface area contributed by atoms with Crippen molar-refractivity contribution in [2.24, 2.45) is 0 Å². The molecule has 1 heterocycles. The van der Waals surface area contributed by atoms with E-state index < -0.39 is 22.8 Å². The molecule has 0 aromatic heterocycles. The highest BCUT2D eigenvalue weighted by Crippen LogP contribution is 2.30. The van der Waals surface area contributed by atoms with E-state index in [-0.39, 0.29) is 16.3 Å². The number of carboxylic acid groups (broad SMARTS) is 1. The van der Waals surface area contributed by atoms with E-state index in [0.29, 0.717) is 19.4 Å². The van der Waals surface area contributed by atoms with E-state index in [1.165, 1.54) is 23.1 Å². The number of carbonyl (C=O) groups excluding carboxylic acids is 1. The summed E-state index contributed by atoms with van der Waals surface area (Å²) in [4.78, 5) is 34.7. The van der Waals surface area contributed by atoms with E-state index in [2.05, 4.69) is 0 Å². The molecule has 1 fully saturated rings. The Labute approximate surface area is 118 Å². The summed E-state index contributed by atoms with van der Waals surface area (Å²) in [5.41, 5.74) is -0.419. The lowest BCUT2D eigenvalue weighted by atomic mass is 10.1. The molecule has 0 bridgehead atoms. The number of benzene rings is 1. The van der Waals surface area contributed by atoms with Gasteiger partial charge in [0.15, 0.2) is 0 Å². The minimum atomic E-state index is -1.09. The van der Waals surface area contributed by atoms with Crippen LogP contribution in [0.15, 0.2) is 18.2 Å². The van der Waals surface area contributed by atoms with Crippen molar-refractivity contribution in [3.63, 3.8) is 0 Å². The second-order valence-corrected chi connectivity index (χ2v) is 4.77. The summed E-state index contributed by atoms with van der Waals surface area (Å²) in [5, 5.41) is 19.6. The molecule has 106 valence electrons. The summed E-state index contributed by atoms with van der Waals surface area (Å²) in [7, 11) is 0. The lowest BCUT2D eigenvalue weighted by Crippen LogP contribution is -2.40. The average Bonchev–Trinajstić information content (AvgIpc) is 2.87. The van der Waals surface area contributed by atoms with E-state index in [1.54, 1.807) is 0 Å². The molecule has 0 aliphatic carbocycles. The van der Waals surface area contributed by atoms with Gasteiger partial charge < -0.3 is 10.0 Å². The smallest absolute Gasteiger partial charge is 0.326 e. The Morgan fingerprint density at radius 3 is 2.75 bits per heavy atom. The van der Waals surface area contributed by atoms with E-state index in [9.17, 15) is 19.7 Å². The highest BCUT2D eigenvalue weighted by atomic mass is 35.5. The molecule has 0 saturated carbocycles. The summed E-state index contributed by atoms with van der Waals surface area (Å²) in [5.74, 6) is -1.68. The molecule has 7 nitrogen and oxygen atoms in total. The zero-order chi connectivity index (χ0) is 14.9. The number of hydrogen-bond donors (Lipinski definition) is 1. The maximum Gasteiger partial charge on any atom is 0.326 e. The van der Waals surface area contributed by atoms with Gasteiger partial charge in [-0.15, -0.1) is 0 Å². The Morgan fingerprint density at radius 2 is 2.15 bits per heavy atom. The number of likely N-dealkylation sites (tertiary alicyclic amines) is 1. The predicted octanol–water partition coefficient (Wildman–Crippen LogP) is 1.94. The molecule has 0 spiro atoms. The maximum atomic E-state index is 12.3. The van der Waals surface area contributed by atoms with Crippen LogP contribution >= 0.6 is 11.6 Å². The second kappa shape index (κ2) is 5.46. The number of halogens is 1. The Hall–Kier alpha value is -2.15. The number of amides is 1. The lowest BCUT2D eigenvalue weighted by Gasteiger charge is -2.21. The molecule has 2 rings (SSSR count). The van der Waals surface area contributed by atoms with Crippen LogP contribution in [-0.4, -0.2) is 39.4 Å². The van der Waals surface area contributed by atoms with Crippen LogP contribution in [0.5, 0.6) is 0 Å². The Balaban J connectivity index is 2.37. The van der Waals surface area contributed by atoms with Crippen LogP contribution in [0, 0.1) is 10.1 Å². The van der Waals surface area contributed by atoms with Crippen molar-refractivity contribution in [1.82, 2.24) is 4.90 Å². The number of nitrogens with zero attached hydrogens (tertiary/aromatic N) is 2. The number of aliphatic carboxylic acids is 1. The predicted molar refractivity (Wildman–Crippen MR) is 69.8 cm³/mol. The van der Waals surface area contributed by atoms with Crippen LogP contribution in [0.1, 0.15) is 23.2 Å². The SMILES string of the molecule is O=C(O)C1CCCN1C(=O)c1cccc([N+](=O)[O-])c1Cl. The van der Waals surface area contributed by atoms with Gasteiger partial charge in [-0.2, -0.15) is 0 Å². The van der Waals surface area contributed by atoms with E-state index in [0.717, 1.165) is 0 Å². The number of nitro benzene ring substituents is 1. The molecule has 1 aromatic carbocycles. The quantitative estimate of drug-likeness (QED) is 0.679. The minimum Gasteiger partial charge on any atom is -0.480 e. The molecular weight excluding hydrogens is 288 g/mol. The van der Waals surface area contributed by atoms with Gasteiger partial charge in [0, 0.05) is 12.6 Å². The minimum absolute atomic E-state index is 0.0472. The third-order valence-corrected chi connectivity index (χ3v) is 3.60. The molecule has 1 N–H and O–H groups in total. The molecule has 1 unspecified atom stereocenters. The zero-order valence-corrected chi connectivity index (χ0v) is 11.0. The van der Waals surface area contributed by atoms with Gasteiger partial charge in [0.05, 0.1) is 10.5 Å². The summed E-state index contributed by atoms with van der Waals surface area (Å²) in [6, 6.07) is 2.99. The molecular formula is C12H11ClN2O5. The summed E-state index contributed by atoms with van der Waals surface area (Å²) < 4.78 is 0. The molecule has 1 aromatic rings. The van der Waals surface area contributed by atoms with E-state index >= 15 is 0 Å². The highest BCUT2D eigenvalue weighted by molar-refractivity contribution is 6.35. The van der Waals surface area contributed by atoms with Crippen LogP contribution in [0.4, 0.5) is 5.69 Å². The van der Waals surface area contributed by atoms with Gasteiger partial charge in [0.1, 0.15) is 11.1 Å². The lowest BCUT2D eigenvalue weighted by molar-refractivity contribution is -0.384. The van der Waals surface area contributed by atoms with Gasteiger partial charge in [-0.05, 0) is 18.9 Å².